The number of hydrogen-bond acceptors (Lipinski definition) is 3. The molecule has 0 aliphatic heterocycles. The van der Waals surface area contributed by atoms with Crippen LogP contribution in [0.3, 0.4) is 0 Å². The molecule has 2 rings (SSSR count). The number of rotatable bonds is 5. The lowest BCUT2D eigenvalue weighted by Crippen LogP contribution is -2.41. The average Bonchev–Trinajstić information content (AvgIpc) is 2.47. The fraction of sp³-hybridized carbons (Fsp3) is 0.625. The number of aliphatic hydroxyl groups is 1. The van der Waals surface area contributed by atoms with Crippen LogP contribution in [0, 0.1) is 5.82 Å². The zero-order valence-electron chi connectivity index (χ0n) is 12.2. The smallest absolute Gasteiger partial charge is 0.132 e. The maximum Gasteiger partial charge on any atom is 0.132 e. The van der Waals surface area contributed by atoms with Crippen LogP contribution in [0.25, 0.3) is 0 Å². The Hall–Kier alpha value is -1.13. The number of hydrogen-bond donors (Lipinski definition) is 1. The lowest BCUT2D eigenvalue weighted by molar-refractivity contribution is -0.142. The minimum Gasteiger partial charge on any atom is -0.497 e. The molecule has 1 aliphatic carbocycles. The van der Waals surface area contributed by atoms with Crippen LogP contribution in [-0.4, -0.2) is 24.4 Å². The van der Waals surface area contributed by atoms with E-state index in [-0.39, 0.29) is 0 Å². The highest BCUT2D eigenvalue weighted by molar-refractivity contribution is 5.31. The van der Waals surface area contributed by atoms with Crippen molar-refractivity contribution < 1.29 is 19.0 Å². The van der Waals surface area contributed by atoms with Gasteiger partial charge in [0.2, 0.25) is 0 Å². The van der Waals surface area contributed by atoms with Gasteiger partial charge in [-0.05, 0) is 31.9 Å². The van der Waals surface area contributed by atoms with E-state index in [1.165, 1.54) is 13.2 Å². The van der Waals surface area contributed by atoms with Crippen molar-refractivity contribution in [1.29, 1.82) is 0 Å². The minimum atomic E-state index is -0.936. The Kier molecular flexibility index (Phi) is 5.00. The molecular formula is C16H23FO3. The van der Waals surface area contributed by atoms with Crippen LogP contribution in [0.4, 0.5) is 4.39 Å². The van der Waals surface area contributed by atoms with Crippen molar-refractivity contribution in [1.82, 2.24) is 0 Å². The molecule has 1 unspecified atom stereocenters. The number of methoxy groups -OCH3 is 1. The third-order valence-electron chi connectivity index (χ3n) is 4.13. The molecule has 112 valence electrons. The van der Waals surface area contributed by atoms with E-state index in [1.54, 1.807) is 12.1 Å². The van der Waals surface area contributed by atoms with E-state index >= 15 is 0 Å². The quantitative estimate of drug-likeness (QED) is 0.896. The van der Waals surface area contributed by atoms with E-state index in [9.17, 15) is 9.50 Å². The monoisotopic (exact) mass is 282 g/mol. The van der Waals surface area contributed by atoms with Gasteiger partial charge in [0, 0.05) is 18.2 Å². The molecule has 1 aliphatic rings. The fourth-order valence-corrected chi connectivity index (χ4v) is 3.07. The van der Waals surface area contributed by atoms with Crippen molar-refractivity contribution in [2.24, 2.45) is 0 Å². The van der Waals surface area contributed by atoms with Crippen LogP contribution < -0.4 is 4.74 Å². The van der Waals surface area contributed by atoms with E-state index < -0.39 is 17.5 Å². The number of ether oxygens (including phenoxy) is 2. The summed E-state index contributed by atoms with van der Waals surface area (Å²) < 4.78 is 25.0. The third kappa shape index (κ3) is 2.96. The highest BCUT2D eigenvalue weighted by Gasteiger charge is 2.41. The summed E-state index contributed by atoms with van der Waals surface area (Å²) in [5.74, 6) is 0.00838. The standard InChI is InChI=1S/C16H23FO3/c1-3-20-16(9-5-4-6-10-16)15(18)13-8-7-12(19-2)11-14(13)17/h7-8,11,15,18H,3-6,9-10H2,1-2H3. The molecule has 20 heavy (non-hydrogen) atoms. The molecule has 1 saturated carbocycles. The van der Waals surface area contributed by atoms with Gasteiger partial charge in [0.1, 0.15) is 17.7 Å². The summed E-state index contributed by atoms with van der Waals surface area (Å²) >= 11 is 0. The van der Waals surface area contributed by atoms with E-state index in [4.69, 9.17) is 9.47 Å². The van der Waals surface area contributed by atoms with Gasteiger partial charge in [-0.2, -0.15) is 0 Å². The van der Waals surface area contributed by atoms with Crippen molar-refractivity contribution in [2.45, 2.75) is 50.7 Å². The Balaban J connectivity index is 2.29. The summed E-state index contributed by atoms with van der Waals surface area (Å²) in [6.45, 7) is 2.43. The zero-order chi connectivity index (χ0) is 14.6. The Morgan fingerprint density at radius 1 is 1.30 bits per heavy atom. The molecule has 1 aromatic rings. The SMILES string of the molecule is CCOC1(C(O)c2ccc(OC)cc2F)CCCCC1. The maximum atomic E-state index is 14.2. The highest BCUT2D eigenvalue weighted by Crippen LogP contribution is 2.42. The Morgan fingerprint density at radius 3 is 2.55 bits per heavy atom. The molecule has 0 spiro atoms. The largest absolute Gasteiger partial charge is 0.497 e. The molecule has 0 saturated heterocycles. The second-order valence-electron chi connectivity index (χ2n) is 5.35. The van der Waals surface area contributed by atoms with Crippen LogP contribution in [0.15, 0.2) is 18.2 Å². The number of aliphatic hydroxyl groups excluding tert-OH is 1. The average molecular weight is 282 g/mol. The normalized spacial score (nSPS) is 19.6. The summed E-state index contributed by atoms with van der Waals surface area (Å²) in [7, 11) is 1.49. The number of benzene rings is 1. The molecule has 1 aromatic carbocycles. The van der Waals surface area contributed by atoms with Crippen LogP contribution >= 0.6 is 0 Å². The Bertz CT molecular complexity index is 436. The molecule has 0 bridgehead atoms. The Labute approximate surface area is 119 Å². The highest BCUT2D eigenvalue weighted by atomic mass is 19.1. The molecule has 0 heterocycles. The first-order chi connectivity index (χ1) is 9.63. The molecule has 1 N–H and O–H groups in total. The lowest BCUT2D eigenvalue weighted by Gasteiger charge is -2.41. The van der Waals surface area contributed by atoms with Crippen molar-refractivity contribution in [3.8, 4) is 5.75 Å². The van der Waals surface area contributed by atoms with E-state index in [1.807, 2.05) is 6.92 Å². The zero-order valence-corrected chi connectivity index (χ0v) is 12.2. The first kappa shape index (κ1) is 15.3. The van der Waals surface area contributed by atoms with Crippen LogP contribution in [0.1, 0.15) is 50.7 Å². The van der Waals surface area contributed by atoms with E-state index in [0.717, 1.165) is 32.1 Å². The predicted octanol–water partition coefficient (Wildman–Crippen LogP) is 3.61. The molecular weight excluding hydrogens is 259 g/mol. The molecule has 3 nitrogen and oxygen atoms in total. The van der Waals surface area contributed by atoms with Crippen LogP contribution in [0.5, 0.6) is 5.75 Å². The molecule has 0 aromatic heterocycles. The third-order valence-corrected chi connectivity index (χ3v) is 4.13. The van der Waals surface area contributed by atoms with Gasteiger partial charge in [0.05, 0.1) is 12.7 Å². The van der Waals surface area contributed by atoms with Crippen LogP contribution in [0.2, 0.25) is 0 Å². The summed E-state index contributed by atoms with van der Waals surface area (Å²) in [6, 6.07) is 4.57. The molecule has 1 fully saturated rings. The van der Waals surface area contributed by atoms with Gasteiger partial charge in [-0.15, -0.1) is 0 Å². The van der Waals surface area contributed by atoms with Gasteiger partial charge in [0.15, 0.2) is 0 Å². The summed E-state index contributed by atoms with van der Waals surface area (Å²) in [5, 5.41) is 10.7. The second-order valence-corrected chi connectivity index (χ2v) is 5.35. The van der Waals surface area contributed by atoms with Gasteiger partial charge in [-0.25, -0.2) is 4.39 Å². The summed E-state index contributed by atoms with van der Waals surface area (Å²) in [4.78, 5) is 0. The van der Waals surface area contributed by atoms with E-state index in [2.05, 4.69) is 0 Å². The van der Waals surface area contributed by atoms with Gasteiger partial charge >= 0.3 is 0 Å². The van der Waals surface area contributed by atoms with Gasteiger partial charge < -0.3 is 14.6 Å². The number of halogens is 1. The maximum absolute atomic E-state index is 14.2. The van der Waals surface area contributed by atoms with Crippen molar-refractivity contribution in [3.05, 3.63) is 29.6 Å². The fourth-order valence-electron chi connectivity index (χ4n) is 3.07. The van der Waals surface area contributed by atoms with E-state index in [0.29, 0.717) is 17.9 Å². The molecule has 0 radical (unpaired) electrons. The summed E-state index contributed by atoms with van der Waals surface area (Å²) in [5.41, 5.74) is -0.358. The lowest BCUT2D eigenvalue weighted by atomic mass is 9.78. The summed E-state index contributed by atoms with van der Waals surface area (Å²) in [6.07, 6.45) is 3.77. The predicted molar refractivity (Wildman–Crippen MR) is 75.4 cm³/mol. The van der Waals surface area contributed by atoms with Crippen molar-refractivity contribution in [2.75, 3.05) is 13.7 Å². The molecule has 0 amide bonds. The topological polar surface area (TPSA) is 38.7 Å². The van der Waals surface area contributed by atoms with Crippen molar-refractivity contribution in [3.63, 3.8) is 0 Å². The van der Waals surface area contributed by atoms with Gasteiger partial charge in [-0.3, -0.25) is 0 Å². The van der Waals surface area contributed by atoms with Crippen molar-refractivity contribution >= 4 is 0 Å². The second kappa shape index (κ2) is 6.55. The van der Waals surface area contributed by atoms with Crippen LogP contribution in [-0.2, 0) is 4.74 Å². The first-order valence-corrected chi connectivity index (χ1v) is 7.28. The van der Waals surface area contributed by atoms with Gasteiger partial charge in [0.25, 0.3) is 0 Å². The van der Waals surface area contributed by atoms with Gasteiger partial charge in [-0.1, -0.05) is 19.3 Å². The minimum absolute atomic E-state index is 0.293. The molecule has 4 heteroatoms. The molecule has 1 atom stereocenters. The first-order valence-electron chi connectivity index (χ1n) is 7.28. The Morgan fingerprint density at radius 2 is 2.00 bits per heavy atom.